The summed E-state index contributed by atoms with van der Waals surface area (Å²) < 4.78 is 0. The van der Waals surface area contributed by atoms with Crippen LogP contribution >= 0.6 is 11.6 Å². The Morgan fingerprint density at radius 3 is 1.79 bits per heavy atom. The third-order valence-corrected chi connectivity index (χ3v) is 3.07. The number of anilines is 2. The largest absolute Gasteiger partial charge is 0.281 e. The first kappa shape index (κ1) is 13.6. The van der Waals surface area contributed by atoms with Crippen molar-refractivity contribution in [2.45, 2.75) is 12.8 Å². The van der Waals surface area contributed by atoms with E-state index in [0.717, 1.165) is 11.4 Å². The minimum Gasteiger partial charge on any atom is -0.281 e. The number of benzene rings is 2. The highest BCUT2D eigenvalue weighted by atomic mass is 35.5. The van der Waals surface area contributed by atoms with Gasteiger partial charge in [-0.2, -0.15) is 0 Å². The van der Waals surface area contributed by atoms with Gasteiger partial charge in [-0.05, 0) is 30.7 Å². The Hall–Kier alpha value is -1.80. The second kappa shape index (κ2) is 6.95. The fraction of sp³-hybridized carbons (Fsp3) is 0.188. The Kier molecular flexibility index (Phi) is 4.99. The number of hydrogen-bond acceptors (Lipinski definition) is 1. The molecule has 2 aromatic rings. The monoisotopic (exact) mass is 273 g/mol. The number of alkyl halides is 1. The minimum absolute atomic E-state index is 0.0676. The highest BCUT2D eigenvalue weighted by molar-refractivity contribution is 6.18. The molecule has 0 saturated carbocycles. The first-order valence-electron chi connectivity index (χ1n) is 6.32. The smallest absolute Gasteiger partial charge is 0.231 e. The van der Waals surface area contributed by atoms with Gasteiger partial charge < -0.3 is 0 Å². The lowest BCUT2D eigenvalue weighted by molar-refractivity contribution is -0.117. The number of rotatable bonds is 5. The summed E-state index contributed by atoms with van der Waals surface area (Å²) in [6.45, 7) is 0. The van der Waals surface area contributed by atoms with E-state index in [0.29, 0.717) is 18.7 Å². The maximum absolute atomic E-state index is 12.4. The number of halogens is 1. The first-order valence-corrected chi connectivity index (χ1v) is 6.85. The van der Waals surface area contributed by atoms with Gasteiger partial charge in [0.15, 0.2) is 0 Å². The predicted molar refractivity (Wildman–Crippen MR) is 80.0 cm³/mol. The maximum Gasteiger partial charge on any atom is 0.231 e. The third-order valence-electron chi connectivity index (χ3n) is 2.80. The van der Waals surface area contributed by atoms with Crippen molar-refractivity contribution >= 4 is 28.9 Å². The van der Waals surface area contributed by atoms with E-state index in [4.69, 9.17) is 11.6 Å². The number of hydrogen-bond donors (Lipinski definition) is 0. The van der Waals surface area contributed by atoms with E-state index >= 15 is 0 Å². The molecule has 0 spiro atoms. The van der Waals surface area contributed by atoms with Crippen LogP contribution in [0.25, 0.3) is 0 Å². The molecule has 0 heterocycles. The molecule has 19 heavy (non-hydrogen) atoms. The van der Waals surface area contributed by atoms with Crippen molar-refractivity contribution < 1.29 is 4.79 Å². The van der Waals surface area contributed by atoms with E-state index in [9.17, 15) is 4.79 Å². The van der Waals surface area contributed by atoms with Gasteiger partial charge >= 0.3 is 0 Å². The number of carbonyl (C=O) groups is 1. The molecule has 2 aromatic carbocycles. The second-order valence-electron chi connectivity index (χ2n) is 4.19. The lowest BCUT2D eigenvalue weighted by Gasteiger charge is -2.23. The van der Waals surface area contributed by atoms with Crippen molar-refractivity contribution in [1.82, 2.24) is 0 Å². The highest BCUT2D eigenvalue weighted by Gasteiger charge is 2.16. The molecular formula is C16H16ClNO. The lowest BCUT2D eigenvalue weighted by Crippen LogP contribution is -2.25. The molecule has 1 amide bonds. The molecule has 0 aliphatic heterocycles. The Balaban J connectivity index is 2.31. The molecule has 0 aromatic heterocycles. The van der Waals surface area contributed by atoms with Gasteiger partial charge in [-0.1, -0.05) is 36.4 Å². The van der Waals surface area contributed by atoms with Gasteiger partial charge in [-0.3, -0.25) is 9.69 Å². The molecule has 0 bridgehead atoms. The highest BCUT2D eigenvalue weighted by Crippen LogP contribution is 2.26. The van der Waals surface area contributed by atoms with Crippen LogP contribution in [0.5, 0.6) is 0 Å². The minimum atomic E-state index is 0.0676. The quantitative estimate of drug-likeness (QED) is 0.741. The molecule has 3 heteroatoms. The zero-order valence-corrected chi connectivity index (χ0v) is 11.4. The van der Waals surface area contributed by atoms with E-state index in [2.05, 4.69) is 0 Å². The van der Waals surface area contributed by atoms with Crippen LogP contribution in [-0.2, 0) is 4.79 Å². The summed E-state index contributed by atoms with van der Waals surface area (Å²) in [6.07, 6.45) is 1.14. The molecule has 0 saturated heterocycles. The second-order valence-corrected chi connectivity index (χ2v) is 4.57. The van der Waals surface area contributed by atoms with E-state index in [1.807, 2.05) is 60.7 Å². The van der Waals surface area contributed by atoms with Crippen molar-refractivity contribution in [3.63, 3.8) is 0 Å². The zero-order chi connectivity index (χ0) is 13.5. The summed E-state index contributed by atoms with van der Waals surface area (Å²) >= 11 is 5.67. The van der Waals surface area contributed by atoms with E-state index in [-0.39, 0.29) is 5.91 Å². The van der Waals surface area contributed by atoms with Crippen LogP contribution in [0.1, 0.15) is 12.8 Å². The maximum atomic E-state index is 12.4. The molecule has 0 aliphatic rings. The van der Waals surface area contributed by atoms with Crippen molar-refractivity contribution in [3.05, 3.63) is 60.7 Å². The molecule has 0 fully saturated rings. The van der Waals surface area contributed by atoms with E-state index in [1.165, 1.54) is 0 Å². The zero-order valence-electron chi connectivity index (χ0n) is 10.6. The Bertz CT molecular complexity index is 473. The van der Waals surface area contributed by atoms with Gasteiger partial charge in [-0.15, -0.1) is 11.6 Å². The van der Waals surface area contributed by atoms with E-state index < -0.39 is 0 Å². The van der Waals surface area contributed by atoms with Crippen LogP contribution < -0.4 is 4.90 Å². The van der Waals surface area contributed by atoms with Crippen LogP contribution in [0.3, 0.4) is 0 Å². The SMILES string of the molecule is O=C(CCCCl)N(c1ccccc1)c1ccccc1. The van der Waals surface area contributed by atoms with Crippen molar-refractivity contribution in [1.29, 1.82) is 0 Å². The molecule has 2 rings (SSSR count). The summed E-state index contributed by atoms with van der Waals surface area (Å²) in [5, 5.41) is 0. The summed E-state index contributed by atoms with van der Waals surface area (Å²) in [5.41, 5.74) is 1.77. The number of carbonyl (C=O) groups excluding carboxylic acids is 1. The average Bonchev–Trinajstić information content (AvgIpc) is 2.47. The number of para-hydroxylation sites is 2. The predicted octanol–water partition coefficient (Wildman–Crippen LogP) is 4.37. The topological polar surface area (TPSA) is 20.3 Å². The van der Waals surface area contributed by atoms with Gasteiger partial charge in [-0.25, -0.2) is 0 Å². The molecule has 0 unspecified atom stereocenters. The van der Waals surface area contributed by atoms with Crippen LogP contribution in [0.2, 0.25) is 0 Å². The third kappa shape index (κ3) is 3.58. The van der Waals surface area contributed by atoms with Crippen LogP contribution in [0.15, 0.2) is 60.7 Å². The fourth-order valence-corrected chi connectivity index (χ4v) is 2.05. The van der Waals surface area contributed by atoms with Crippen LogP contribution in [-0.4, -0.2) is 11.8 Å². The summed E-state index contributed by atoms with van der Waals surface area (Å²) in [5.74, 6) is 0.571. The standard InChI is InChI=1S/C16H16ClNO/c17-13-7-12-16(19)18(14-8-3-1-4-9-14)15-10-5-2-6-11-15/h1-6,8-11H,7,12-13H2. The van der Waals surface area contributed by atoms with Gasteiger partial charge in [0.1, 0.15) is 0 Å². The van der Waals surface area contributed by atoms with Crippen molar-refractivity contribution in [2.75, 3.05) is 10.8 Å². The normalized spacial score (nSPS) is 10.2. The Labute approximate surface area is 118 Å². The van der Waals surface area contributed by atoms with Crippen LogP contribution in [0.4, 0.5) is 11.4 Å². The molecule has 2 nitrogen and oxygen atoms in total. The number of amides is 1. The Morgan fingerprint density at radius 2 is 1.37 bits per heavy atom. The van der Waals surface area contributed by atoms with Gasteiger partial charge in [0.05, 0.1) is 0 Å². The first-order chi connectivity index (χ1) is 9.33. The van der Waals surface area contributed by atoms with Gasteiger partial charge in [0.2, 0.25) is 5.91 Å². The number of nitrogens with zero attached hydrogens (tertiary/aromatic N) is 1. The molecule has 98 valence electrons. The lowest BCUT2D eigenvalue weighted by atomic mass is 10.2. The average molecular weight is 274 g/mol. The Morgan fingerprint density at radius 1 is 0.895 bits per heavy atom. The summed E-state index contributed by atoms with van der Waals surface area (Å²) in [7, 11) is 0. The molecular weight excluding hydrogens is 258 g/mol. The molecule has 0 radical (unpaired) electrons. The van der Waals surface area contributed by atoms with Crippen molar-refractivity contribution in [3.8, 4) is 0 Å². The molecule has 0 N–H and O–H groups in total. The van der Waals surface area contributed by atoms with Gasteiger partial charge in [0, 0.05) is 23.7 Å². The van der Waals surface area contributed by atoms with Gasteiger partial charge in [0.25, 0.3) is 0 Å². The fourth-order valence-electron chi connectivity index (χ4n) is 1.92. The molecule has 0 aliphatic carbocycles. The summed E-state index contributed by atoms with van der Waals surface area (Å²) in [4.78, 5) is 14.1. The van der Waals surface area contributed by atoms with E-state index in [1.54, 1.807) is 4.90 Å². The summed E-state index contributed by atoms with van der Waals surface area (Å²) in [6, 6.07) is 19.3. The van der Waals surface area contributed by atoms with Crippen molar-refractivity contribution in [2.24, 2.45) is 0 Å². The molecule has 0 atom stereocenters. The van der Waals surface area contributed by atoms with Crippen LogP contribution in [0, 0.1) is 0 Å².